The topological polar surface area (TPSA) is 61.8 Å². The summed E-state index contributed by atoms with van der Waals surface area (Å²) in [5.41, 5.74) is 0.0380. The Bertz CT molecular complexity index is 807. The number of benzene rings is 2. The highest BCUT2D eigenvalue weighted by molar-refractivity contribution is 6.07. The van der Waals surface area contributed by atoms with E-state index in [1.807, 2.05) is 25.1 Å². The first-order valence-corrected chi connectivity index (χ1v) is 7.58. The molecule has 1 aliphatic rings. The van der Waals surface area contributed by atoms with Crippen LogP contribution in [0.15, 0.2) is 59.7 Å². The molecular weight excluding hydrogens is 309 g/mol. The van der Waals surface area contributed by atoms with Gasteiger partial charge >= 0.3 is 6.03 Å². The van der Waals surface area contributed by atoms with Crippen LogP contribution in [-0.2, 0) is 10.3 Å². The zero-order chi connectivity index (χ0) is 17.2. The minimum absolute atomic E-state index is 0.396. The van der Waals surface area contributed by atoms with Crippen LogP contribution in [-0.4, -0.2) is 23.2 Å². The Hall–Kier alpha value is -3.02. The highest BCUT2D eigenvalue weighted by Crippen LogP contribution is 2.32. The minimum Gasteiger partial charge on any atom is -0.318 e. The number of urea groups is 1. The molecule has 1 atom stereocenters. The number of nitrogens with one attached hydrogen (secondary N) is 1. The van der Waals surface area contributed by atoms with E-state index in [2.05, 4.69) is 10.4 Å². The number of hydrogen-bond acceptors (Lipinski definition) is 3. The van der Waals surface area contributed by atoms with Crippen molar-refractivity contribution in [2.45, 2.75) is 18.9 Å². The van der Waals surface area contributed by atoms with Gasteiger partial charge in [-0.1, -0.05) is 49.4 Å². The molecule has 0 aromatic heterocycles. The Morgan fingerprint density at radius 3 is 2.58 bits per heavy atom. The second kappa shape index (κ2) is 6.23. The highest BCUT2D eigenvalue weighted by Gasteiger charge is 2.51. The molecule has 1 heterocycles. The molecule has 0 spiro atoms. The summed E-state index contributed by atoms with van der Waals surface area (Å²) in [6.45, 7) is 1.82. The lowest BCUT2D eigenvalue weighted by molar-refractivity contribution is -0.131. The summed E-state index contributed by atoms with van der Waals surface area (Å²) in [5, 5.41) is 7.47. The second-order valence-corrected chi connectivity index (χ2v) is 5.47. The molecule has 1 aliphatic heterocycles. The predicted octanol–water partition coefficient (Wildman–Crippen LogP) is 3.02. The van der Waals surface area contributed by atoms with Gasteiger partial charge < -0.3 is 5.32 Å². The number of nitrogens with zero attached hydrogens (tertiary/aromatic N) is 2. The van der Waals surface area contributed by atoms with E-state index in [-0.39, 0.29) is 0 Å². The number of hydrazone groups is 1. The van der Waals surface area contributed by atoms with Gasteiger partial charge in [0.15, 0.2) is 0 Å². The Balaban J connectivity index is 1.91. The maximum absolute atomic E-state index is 13.2. The van der Waals surface area contributed by atoms with E-state index < -0.39 is 23.3 Å². The lowest BCUT2D eigenvalue weighted by Crippen LogP contribution is -2.43. The highest BCUT2D eigenvalue weighted by atomic mass is 19.1. The van der Waals surface area contributed by atoms with Crippen molar-refractivity contribution in [1.82, 2.24) is 10.3 Å². The Morgan fingerprint density at radius 1 is 1.17 bits per heavy atom. The molecule has 0 radical (unpaired) electrons. The van der Waals surface area contributed by atoms with Crippen molar-refractivity contribution in [1.29, 1.82) is 0 Å². The number of halogens is 1. The standard InChI is InChI=1S/C18H16FN3O2/c1-2-18(14-8-4-3-5-9-14)16(23)22(17(24)21-18)20-12-13-7-6-10-15(19)11-13/h3-12H,2H2,1H3,(H,21,24)/b20-12-/t18-/m0/s1. The van der Waals surface area contributed by atoms with Crippen molar-refractivity contribution in [3.05, 3.63) is 71.5 Å². The lowest BCUT2D eigenvalue weighted by Gasteiger charge is -2.24. The van der Waals surface area contributed by atoms with E-state index in [4.69, 9.17) is 0 Å². The van der Waals surface area contributed by atoms with Crippen LogP contribution in [0, 0.1) is 5.82 Å². The third-order valence-corrected chi connectivity index (χ3v) is 4.04. The number of hydrogen-bond donors (Lipinski definition) is 1. The molecule has 3 rings (SSSR count). The van der Waals surface area contributed by atoms with E-state index in [9.17, 15) is 14.0 Å². The van der Waals surface area contributed by atoms with E-state index in [0.717, 1.165) is 5.01 Å². The Labute approximate surface area is 138 Å². The van der Waals surface area contributed by atoms with Gasteiger partial charge in [0.2, 0.25) is 0 Å². The molecule has 0 bridgehead atoms. The minimum atomic E-state index is -1.13. The first-order chi connectivity index (χ1) is 11.6. The maximum Gasteiger partial charge on any atom is 0.346 e. The first kappa shape index (κ1) is 15.9. The fraction of sp³-hybridized carbons (Fsp3) is 0.167. The fourth-order valence-electron chi connectivity index (χ4n) is 2.74. The number of imide groups is 1. The van der Waals surface area contributed by atoms with Gasteiger partial charge in [0, 0.05) is 0 Å². The van der Waals surface area contributed by atoms with Crippen molar-refractivity contribution in [2.24, 2.45) is 5.10 Å². The van der Waals surface area contributed by atoms with E-state index in [1.165, 1.54) is 24.4 Å². The predicted molar refractivity (Wildman–Crippen MR) is 87.8 cm³/mol. The van der Waals surface area contributed by atoms with Crippen molar-refractivity contribution in [3.63, 3.8) is 0 Å². The van der Waals surface area contributed by atoms with Crippen LogP contribution in [0.3, 0.4) is 0 Å². The van der Waals surface area contributed by atoms with Gasteiger partial charge in [0.1, 0.15) is 11.4 Å². The fourth-order valence-corrected chi connectivity index (χ4v) is 2.74. The van der Waals surface area contributed by atoms with Crippen LogP contribution in [0.4, 0.5) is 9.18 Å². The van der Waals surface area contributed by atoms with Crippen molar-refractivity contribution in [2.75, 3.05) is 0 Å². The van der Waals surface area contributed by atoms with Gasteiger partial charge in [-0.05, 0) is 29.7 Å². The molecule has 6 heteroatoms. The van der Waals surface area contributed by atoms with E-state index in [0.29, 0.717) is 17.5 Å². The molecule has 0 unspecified atom stereocenters. The van der Waals surface area contributed by atoms with Crippen molar-refractivity contribution >= 4 is 18.2 Å². The molecule has 0 aliphatic carbocycles. The molecule has 1 saturated heterocycles. The van der Waals surface area contributed by atoms with Gasteiger partial charge in [0.05, 0.1) is 6.21 Å². The second-order valence-electron chi connectivity index (χ2n) is 5.47. The van der Waals surface area contributed by atoms with Crippen LogP contribution in [0.2, 0.25) is 0 Å². The summed E-state index contributed by atoms with van der Waals surface area (Å²) < 4.78 is 13.2. The monoisotopic (exact) mass is 325 g/mol. The maximum atomic E-state index is 13.2. The molecule has 24 heavy (non-hydrogen) atoms. The normalized spacial score (nSPS) is 20.7. The van der Waals surface area contributed by atoms with Crippen LogP contribution >= 0.6 is 0 Å². The average Bonchev–Trinajstić information content (AvgIpc) is 2.85. The summed E-state index contributed by atoms with van der Waals surface area (Å²) in [6.07, 6.45) is 1.69. The van der Waals surface area contributed by atoms with Gasteiger partial charge in [-0.15, -0.1) is 5.01 Å². The van der Waals surface area contributed by atoms with Gasteiger partial charge in [-0.3, -0.25) is 4.79 Å². The molecule has 2 aromatic carbocycles. The molecule has 122 valence electrons. The third kappa shape index (κ3) is 2.67. The summed E-state index contributed by atoms with van der Waals surface area (Å²) >= 11 is 0. The number of rotatable bonds is 4. The van der Waals surface area contributed by atoms with Crippen molar-refractivity contribution in [3.8, 4) is 0 Å². The average molecular weight is 325 g/mol. The summed E-state index contributed by atoms with van der Waals surface area (Å²) in [5.74, 6) is -0.864. The molecule has 1 fully saturated rings. The smallest absolute Gasteiger partial charge is 0.318 e. The summed E-state index contributed by atoms with van der Waals surface area (Å²) in [6, 6.07) is 14.2. The van der Waals surface area contributed by atoms with Gasteiger partial charge in [-0.2, -0.15) is 5.10 Å². The number of carbonyl (C=O) groups is 2. The largest absolute Gasteiger partial charge is 0.346 e. The Kier molecular flexibility index (Phi) is 4.12. The molecule has 1 N–H and O–H groups in total. The van der Waals surface area contributed by atoms with Crippen LogP contribution in [0.5, 0.6) is 0 Å². The van der Waals surface area contributed by atoms with Crippen LogP contribution < -0.4 is 5.32 Å². The summed E-state index contributed by atoms with van der Waals surface area (Å²) in [4.78, 5) is 25.0. The van der Waals surface area contributed by atoms with E-state index in [1.54, 1.807) is 18.2 Å². The first-order valence-electron chi connectivity index (χ1n) is 7.58. The van der Waals surface area contributed by atoms with Crippen molar-refractivity contribution < 1.29 is 14.0 Å². The summed E-state index contributed by atoms with van der Waals surface area (Å²) in [7, 11) is 0. The van der Waals surface area contributed by atoms with Gasteiger partial charge in [-0.25, -0.2) is 9.18 Å². The van der Waals surface area contributed by atoms with E-state index >= 15 is 0 Å². The molecule has 2 aromatic rings. The molecule has 0 saturated carbocycles. The molecule has 3 amide bonds. The SMILES string of the molecule is CC[C@@]1(c2ccccc2)NC(=O)N(/N=C\c2cccc(F)c2)C1=O. The zero-order valence-corrected chi connectivity index (χ0v) is 13.1. The molecular formula is C18H16FN3O2. The third-order valence-electron chi connectivity index (χ3n) is 4.04. The lowest BCUT2D eigenvalue weighted by atomic mass is 9.87. The van der Waals surface area contributed by atoms with Crippen LogP contribution in [0.25, 0.3) is 0 Å². The number of amides is 3. The van der Waals surface area contributed by atoms with Crippen LogP contribution in [0.1, 0.15) is 24.5 Å². The van der Waals surface area contributed by atoms with Gasteiger partial charge in [0.25, 0.3) is 5.91 Å². The quantitative estimate of drug-likeness (QED) is 0.694. The number of carbonyl (C=O) groups excluding carboxylic acids is 2. The Morgan fingerprint density at radius 2 is 1.92 bits per heavy atom. The zero-order valence-electron chi connectivity index (χ0n) is 13.1. The molecule has 5 nitrogen and oxygen atoms in total.